The van der Waals surface area contributed by atoms with Gasteiger partial charge in [-0.2, -0.15) is 0 Å². The number of hydrogen-bond donors (Lipinski definition) is 1. The molecular weight excluding hydrogens is 359 g/mol. The van der Waals surface area contributed by atoms with Crippen LogP contribution >= 0.6 is 0 Å². The van der Waals surface area contributed by atoms with Gasteiger partial charge in [-0.15, -0.1) is 0 Å². The highest BCUT2D eigenvalue weighted by atomic mass is 32.2. The third-order valence-corrected chi connectivity index (χ3v) is 5.36. The lowest BCUT2D eigenvalue weighted by atomic mass is 9.99. The van der Waals surface area contributed by atoms with Crippen LogP contribution in [0.15, 0.2) is 24.3 Å². The Bertz CT molecular complexity index is 731. The smallest absolute Gasteiger partial charge is 0.410 e. The molecule has 1 aliphatic rings. The van der Waals surface area contributed by atoms with Gasteiger partial charge in [0, 0.05) is 25.2 Å². The van der Waals surface area contributed by atoms with Crippen molar-refractivity contribution in [3.8, 4) is 0 Å². The maximum atomic E-state index is 13.6. The maximum Gasteiger partial charge on any atom is 0.410 e. The first kappa shape index (κ1) is 20.6. The number of halogens is 1. The number of benzene rings is 1. The van der Waals surface area contributed by atoms with E-state index in [9.17, 15) is 17.6 Å². The topological polar surface area (TPSA) is 75.7 Å². The molecule has 0 aliphatic carbocycles. The van der Waals surface area contributed by atoms with Gasteiger partial charge in [-0.1, -0.05) is 18.2 Å². The number of nitrogens with one attached hydrogen (secondary N) is 1. The summed E-state index contributed by atoms with van der Waals surface area (Å²) in [5.41, 5.74) is -0.426. The number of hydrogen-bond acceptors (Lipinski definition) is 4. The normalized spacial score (nSPS) is 18.6. The number of ether oxygens (including phenoxy) is 1. The Balaban J connectivity index is 1.88. The van der Waals surface area contributed by atoms with Crippen LogP contribution in [0.5, 0.6) is 0 Å². The van der Waals surface area contributed by atoms with E-state index in [1.54, 1.807) is 11.0 Å². The number of nitrogens with zero attached hydrogens (tertiary/aromatic N) is 1. The van der Waals surface area contributed by atoms with Crippen LogP contribution in [0.4, 0.5) is 9.18 Å². The highest BCUT2D eigenvalue weighted by Crippen LogP contribution is 2.19. The van der Waals surface area contributed by atoms with Gasteiger partial charge < -0.3 is 9.64 Å². The molecule has 26 heavy (non-hydrogen) atoms. The Labute approximate surface area is 154 Å². The molecule has 1 saturated heterocycles. The molecule has 1 aliphatic heterocycles. The van der Waals surface area contributed by atoms with E-state index in [-0.39, 0.29) is 24.1 Å². The Hall–Kier alpha value is -1.67. The van der Waals surface area contributed by atoms with Crippen LogP contribution in [0.25, 0.3) is 0 Å². The molecule has 0 radical (unpaired) electrons. The quantitative estimate of drug-likeness (QED) is 0.844. The van der Waals surface area contributed by atoms with Crippen molar-refractivity contribution < 1.29 is 22.3 Å². The summed E-state index contributed by atoms with van der Waals surface area (Å²) in [5.74, 6) is -0.930. The maximum absolute atomic E-state index is 13.6. The minimum Gasteiger partial charge on any atom is -0.444 e. The molecule has 2 rings (SSSR count). The van der Waals surface area contributed by atoms with Crippen molar-refractivity contribution in [1.82, 2.24) is 9.62 Å². The molecule has 146 valence electrons. The number of rotatable bonds is 5. The van der Waals surface area contributed by atoms with Crippen molar-refractivity contribution >= 4 is 16.1 Å². The molecule has 1 N–H and O–H groups in total. The Kier molecular flexibility index (Phi) is 6.63. The molecule has 1 aromatic rings. The van der Waals surface area contributed by atoms with Crippen molar-refractivity contribution in [3.05, 3.63) is 35.6 Å². The Morgan fingerprint density at radius 1 is 1.35 bits per heavy atom. The minimum absolute atomic E-state index is 0.00617. The largest absolute Gasteiger partial charge is 0.444 e. The first-order chi connectivity index (χ1) is 12.1. The average Bonchev–Trinajstić information content (AvgIpc) is 2.54. The van der Waals surface area contributed by atoms with Crippen molar-refractivity contribution in [2.75, 3.05) is 19.6 Å². The van der Waals surface area contributed by atoms with E-state index >= 15 is 0 Å². The highest BCUT2D eigenvalue weighted by molar-refractivity contribution is 7.88. The fourth-order valence-electron chi connectivity index (χ4n) is 2.84. The SMILES string of the molecule is CC(C)(C)OC(=O)N1CCC[C@H](CNS(=O)(=O)Cc2ccccc2F)C1. The Morgan fingerprint density at radius 2 is 2.04 bits per heavy atom. The predicted molar refractivity (Wildman–Crippen MR) is 97.6 cm³/mol. The summed E-state index contributed by atoms with van der Waals surface area (Å²) in [5, 5.41) is 0. The number of carbonyl (C=O) groups is 1. The van der Waals surface area contributed by atoms with E-state index in [2.05, 4.69) is 4.72 Å². The lowest BCUT2D eigenvalue weighted by Gasteiger charge is -2.34. The molecule has 0 bridgehead atoms. The second-order valence-corrected chi connectivity index (χ2v) is 9.44. The van der Waals surface area contributed by atoms with Crippen molar-refractivity contribution in [2.45, 2.75) is 45.0 Å². The first-order valence-corrected chi connectivity index (χ1v) is 10.4. The fourth-order valence-corrected chi connectivity index (χ4v) is 4.08. The second-order valence-electron chi connectivity index (χ2n) is 7.63. The van der Waals surface area contributed by atoms with E-state index in [1.165, 1.54) is 18.2 Å². The lowest BCUT2D eigenvalue weighted by molar-refractivity contribution is 0.0169. The van der Waals surface area contributed by atoms with E-state index < -0.39 is 27.2 Å². The van der Waals surface area contributed by atoms with E-state index in [1.807, 2.05) is 20.8 Å². The first-order valence-electron chi connectivity index (χ1n) is 8.74. The zero-order chi connectivity index (χ0) is 19.4. The summed E-state index contributed by atoms with van der Waals surface area (Å²) >= 11 is 0. The van der Waals surface area contributed by atoms with Gasteiger partial charge in [-0.25, -0.2) is 22.3 Å². The van der Waals surface area contributed by atoms with E-state index in [0.29, 0.717) is 13.1 Å². The molecule has 1 heterocycles. The third-order valence-electron chi connectivity index (χ3n) is 4.07. The van der Waals surface area contributed by atoms with Gasteiger partial charge in [0.15, 0.2) is 0 Å². The minimum atomic E-state index is -3.65. The van der Waals surface area contributed by atoms with Crippen LogP contribution in [-0.2, 0) is 20.5 Å². The van der Waals surface area contributed by atoms with Gasteiger partial charge >= 0.3 is 6.09 Å². The van der Waals surface area contributed by atoms with Gasteiger partial charge in [-0.3, -0.25) is 0 Å². The second kappa shape index (κ2) is 8.35. The molecule has 0 saturated carbocycles. The molecule has 1 fully saturated rings. The number of likely N-dealkylation sites (tertiary alicyclic amines) is 1. The lowest BCUT2D eigenvalue weighted by Crippen LogP contribution is -2.45. The summed E-state index contributed by atoms with van der Waals surface area (Å²) in [6.07, 6.45) is 1.23. The molecule has 0 unspecified atom stereocenters. The standard InChI is InChI=1S/C18H27FN2O4S/c1-18(2,3)25-17(22)21-10-6-7-14(12-21)11-20-26(23,24)13-15-8-4-5-9-16(15)19/h4-5,8-9,14,20H,6-7,10-13H2,1-3H3/t14-/m1/s1. The van der Waals surface area contributed by atoms with Crippen LogP contribution in [0.3, 0.4) is 0 Å². The van der Waals surface area contributed by atoms with E-state index in [4.69, 9.17) is 4.74 Å². The van der Waals surface area contributed by atoms with Crippen LogP contribution < -0.4 is 4.72 Å². The number of amides is 1. The summed E-state index contributed by atoms with van der Waals surface area (Å²) in [4.78, 5) is 13.8. The number of piperidine rings is 1. The molecular formula is C18H27FN2O4S. The highest BCUT2D eigenvalue weighted by Gasteiger charge is 2.28. The average molecular weight is 386 g/mol. The van der Waals surface area contributed by atoms with Crippen molar-refractivity contribution in [2.24, 2.45) is 5.92 Å². The van der Waals surface area contributed by atoms with Gasteiger partial charge in [0.25, 0.3) is 0 Å². The van der Waals surface area contributed by atoms with Crippen molar-refractivity contribution in [1.29, 1.82) is 0 Å². The van der Waals surface area contributed by atoms with Crippen LogP contribution in [0, 0.1) is 11.7 Å². The molecule has 0 aromatic heterocycles. The number of sulfonamides is 1. The van der Waals surface area contributed by atoms with E-state index in [0.717, 1.165) is 12.8 Å². The van der Waals surface area contributed by atoms with Crippen LogP contribution in [-0.4, -0.2) is 44.6 Å². The van der Waals surface area contributed by atoms with Crippen LogP contribution in [0.2, 0.25) is 0 Å². The molecule has 1 atom stereocenters. The Morgan fingerprint density at radius 3 is 2.69 bits per heavy atom. The molecule has 1 amide bonds. The van der Waals surface area contributed by atoms with Crippen molar-refractivity contribution in [3.63, 3.8) is 0 Å². The van der Waals surface area contributed by atoms with Gasteiger partial charge in [0.05, 0.1) is 5.75 Å². The third kappa shape index (κ3) is 6.57. The van der Waals surface area contributed by atoms with Gasteiger partial charge in [-0.05, 0) is 45.6 Å². The molecule has 6 nitrogen and oxygen atoms in total. The fraction of sp³-hybridized carbons (Fsp3) is 0.611. The van der Waals surface area contributed by atoms with Crippen LogP contribution in [0.1, 0.15) is 39.2 Å². The summed E-state index contributed by atoms with van der Waals surface area (Å²) in [7, 11) is -3.65. The van der Waals surface area contributed by atoms with Gasteiger partial charge in [0.2, 0.25) is 10.0 Å². The van der Waals surface area contributed by atoms with Gasteiger partial charge in [0.1, 0.15) is 11.4 Å². The molecule has 8 heteroatoms. The number of carbonyl (C=O) groups excluding carboxylic acids is 1. The summed E-state index contributed by atoms with van der Waals surface area (Å²) in [6.45, 7) is 6.69. The molecule has 0 spiro atoms. The zero-order valence-corrected chi connectivity index (χ0v) is 16.3. The summed E-state index contributed by atoms with van der Waals surface area (Å²) in [6, 6.07) is 5.82. The zero-order valence-electron chi connectivity index (χ0n) is 15.5. The summed E-state index contributed by atoms with van der Waals surface area (Å²) < 4.78 is 46.0. The monoisotopic (exact) mass is 386 g/mol. The predicted octanol–water partition coefficient (Wildman–Crippen LogP) is 2.89. The molecule has 1 aromatic carbocycles.